The molecule has 2 N–H and O–H groups in total. The molecule has 1 aromatic carbocycles. The van der Waals surface area contributed by atoms with Gasteiger partial charge in [0.05, 0.1) is 0 Å². The fourth-order valence-corrected chi connectivity index (χ4v) is 2.26. The molecule has 0 aliphatic heterocycles. The lowest BCUT2D eigenvalue weighted by Crippen LogP contribution is -2.40. The Hall–Kier alpha value is -0.870. The summed E-state index contributed by atoms with van der Waals surface area (Å²) in [6.45, 7) is 6.37. The first-order valence-electron chi connectivity index (χ1n) is 5.63. The maximum Gasteiger partial charge on any atom is 0.320 e. The fraction of sp³-hybridized carbons (Fsp3) is 0.462. The number of aliphatic carboxylic acids is 1. The molecule has 4 heteroatoms. The first kappa shape index (κ1) is 14.2. The second kappa shape index (κ2) is 6.17. The minimum absolute atomic E-state index is 0.0664. The van der Waals surface area contributed by atoms with Crippen molar-refractivity contribution in [3.63, 3.8) is 0 Å². The zero-order chi connectivity index (χ0) is 13.0. The van der Waals surface area contributed by atoms with Gasteiger partial charge in [-0.15, -0.1) is 0 Å². The summed E-state index contributed by atoms with van der Waals surface area (Å²) in [6, 6.07) is 5.55. The summed E-state index contributed by atoms with van der Waals surface area (Å²) in [7, 11) is 0. The Kier molecular flexibility index (Phi) is 5.15. The first-order chi connectivity index (χ1) is 7.91. The van der Waals surface area contributed by atoms with Crippen molar-refractivity contribution in [2.75, 3.05) is 0 Å². The number of carboxylic acid groups (broad SMARTS) is 1. The normalized spacial score (nSPS) is 12.8. The molecule has 0 aliphatic rings. The highest BCUT2D eigenvalue weighted by atomic mass is 79.9. The van der Waals surface area contributed by atoms with E-state index in [1.54, 1.807) is 0 Å². The van der Waals surface area contributed by atoms with E-state index < -0.39 is 12.0 Å². The van der Waals surface area contributed by atoms with Gasteiger partial charge in [0.25, 0.3) is 0 Å². The van der Waals surface area contributed by atoms with E-state index in [1.807, 2.05) is 39.0 Å². The van der Waals surface area contributed by atoms with Crippen LogP contribution in [0, 0.1) is 12.8 Å². The van der Waals surface area contributed by atoms with Crippen molar-refractivity contribution >= 4 is 21.9 Å². The van der Waals surface area contributed by atoms with Crippen LogP contribution in [-0.4, -0.2) is 17.1 Å². The van der Waals surface area contributed by atoms with E-state index in [0.29, 0.717) is 6.54 Å². The van der Waals surface area contributed by atoms with Crippen LogP contribution in [0.2, 0.25) is 0 Å². The van der Waals surface area contributed by atoms with Crippen LogP contribution in [0.3, 0.4) is 0 Å². The van der Waals surface area contributed by atoms with Crippen molar-refractivity contribution in [1.29, 1.82) is 0 Å². The van der Waals surface area contributed by atoms with Gasteiger partial charge in [-0.25, -0.2) is 0 Å². The van der Waals surface area contributed by atoms with Crippen molar-refractivity contribution in [2.24, 2.45) is 5.92 Å². The van der Waals surface area contributed by atoms with Gasteiger partial charge in [0.1, 0.15) is 6.04 Å². The SMILES string of the molecule is Cc1ccc(CN[C@@H](C(=O)O)C(C)C)c(Br)c1. The lowest BCUT2D eigenvalue weighted by Gasteiger charge is -2.18. The second-order valence-electron chi connectivity index (χ2n) is 4.54. The summed E-state index contributed by atoms with van der Waals surface area (Å²) >= 11 is 3.48. The third kappa shape index (κ3) is 4.13. The molecule has 1 rings (SSSR count). The second-order valence-corrected chi connectivity index (χ2v) is 5.39. The van der Waals surface area contributed by atoms with E-state index in [4.69, 9.17) is 5.11 Å². The predicted molar refractivity (Wildman–Crippen MR) is 72.0 cm³/mol. The number of benzene rings is 1. The molecule has 0 unspecified atom stereocenters. The zero-order valence-electron chi connectivity index (χ0n) is 10.3. The van der Waals surface area contributed by atoms with Gasteiger partial charge in [0.2, 0.25) is 0 Å². The third-order valence-electron chi connectivity index (χ3n) is 2.65. The van der Waals surface area contributed by atoms with E-state index in [0.717, 1.165) is 10.0 Å². The molecule has 94 valence electrons. The molecule has 1 atom stereocenters. The monoisotopic (exact) mass is 299 g/mol. The average molecular weight is 300 g/mol. The van der Waals surface area contributed by atoms with Crippen LogP contribution in [0.15, 0.2) is 22.7 Å². The number of hydrogen-bond acceptors (Lipinski definition) is 2. The number of nitrogens with one attached hydrogen (secondary N) is 1. The Labute approximate surface area is 110 Å². The highest BCUT2D eigenvalue weighted by molar-refractivity contribution is 9.10. The molecular formula is C13H18BrNO2. The Morgan fingerprint density at radius 1 is 1.47 bits per heavy atom. The Balaban J connectivity index is 2.69. The van der Waals surface area contributed by atoms with Crippen molar-refractivity contribution in [1.82, 2.24) is 5.32 Å². The summed E-state index contributed by atoms with van der Waals surface area (Å²) in [6.07, 6.45) is 0. The Morgan fingerprint density at radius 3 is 2.59 bits per heavy atom. The van der Waals surface area contributed by atoms with Gasteiger partial charge >= 0.3 is 5.97 Å². The number of rotatable bonds is 5. The first-order valence-corrected chi connectivity index (χ1v) is 6.42. The van der Waals surface area contributed by atoms with E-state index in [-0.39, 0.29) is 5.92 Å². The van der Waals surface area contributed by atoms with Gasteiger partial charge in [-0.2, -0.15) is 0 Å². The van der Waals surface area contributed by atoms with Crippen molar-refractivity contribution in [3.8, 4) is 0 Å². The van der Waals surface area contributed by atoms with Crippen molar-refractivity contribution in [2.45, 2.75) is 33.4 Å². The molecule has 0 heterocycles. The molecule has 0 fully saturated rings. The van der Waals surface area contributed by atoms with Crippen LogP contribution in [0.4, 0.5) is 0 Å². The lowest BCUT2D eigenvalue weighted by molar-refractivity contribution is -0.140. The summed E-state index contributed by atoms with van der Waals surface area (Å²) in [5.41, 5.74) is 2.25. The quantitative estimate of drug-likeness (QED) is 0.879. The summed E-state index contributed by atoms with van der Waals surface area (Å²) < 4.78 is 1.01. The molecule has 17 heavy (non-hydrogen) atoms. The van der Waals surface area contributed by atoms with Gasteiger partial charge in [0.15, 0.2) is 0 Å². The topological polar surface area (TPSA) is 49.3 Å². The lowest BCUT2D eigenvalue weighted by atomic mass is 10.0. The molecule has 1 aromatic rings. The average Bonchev–Trinajstić information content (AvgIpc) is 2.20. The molecule has 0 bridgehead atoms. The minimum Gasteiger partial charge on any atom is -0.480 e. The van der Waals surface area contributed by atoms with Crippen molar-refractivity contribution < 1.29 is 9.90 Å². The van der Waals surface area contributed by atoms with Gasteiger partial charge in [0, 0.05) is 11.0 Å². The zero-order valence-corrected chi connectivity index (χ0v) is 11.9. The highest BCUT2D eigenvalue weighted by Crippen LogP contribution is 2.18. The number of carboxylic acids is 1. The molecular weight excluding hydrogens is 282 g/mol. The third-order valence-corrected chi connectivity index (χ3v) is 3.39. The van der Waals surface area contributed by atoms with Crippen LogP contribution in [0.1, 0.15) is 25.0 Å². The fourth-order valence-electron chi connectivity index (χ4n) is 1.62. The highest BCUT2D eigenvalue weighted by Gasteiger charge is 2.20. The molecule has 0 amide bonds. The Bertz CT molecular complexity index is 404. The summed E-state index contributed by atoms with van der Waals surface area (Å²) in [5, 5.41) is 12.1. The van der Waals surface area contributed by atoms with Crippen LogP contribution < -0.4 is 5.32 Å². The van der Waals surface area contributed by atoms with Crippen LogP contribution in [0.5, 0.6) is 0 Å². The maximum atomic E-state index is 11.0. The molecule has 3 nitrogen and oxygen atoms in total. The minimum atomic E-state index is -0.803. The largest absolute Gasteiger partial charge is 0.480 e. The van der Waals surface area contributed by atoms with E-state index in [2.05, 4.69) is 21.2 Å². The van der Waals surface area contributed by atoms with Gasteiger partial charge in [-0.05, 0) is 30.0 Å². The molecule has 0 radical (unpaired) electrons. The number of hydrogen-bond donors (Lipinski definition) is 2. The van der Waals surface area contributed by atoms with Gasteiger partial charge < -0.3 is 10.4 Å². The van der Waals surface area contributed by atoms with Crippen molar-refractivity contribution in [3.05, 3.63) is 33.8 Å². The summed E-state index contributed by atoms with van der Waals surface area (Å²) in [5.74, 6) is -0.736. The van der Waals surface area contributed by atoms with Gasteiger partial charge in [-0.3, -0.25) is 4.79 Å². The van der Waals surface area contributed by atoms with Gasteiger partial charge in [-0.1, -0.05) is 41.9 Å². The maximum absolute atomic E-state index is 11.0. The molecule has 0 saturated heterocycles. The number of halogens is 1. The smallest absolute Gasteiger partial charge is 0.320 e. The van der Waals surface area contributed by atoms with E-state index >= 15 is 0 Å². The molecule has 0 saturated carbocycles. The van der Waals surface area contributed by atoms with E-state index in [1.165, 1.54) is 5.56 Å². The number of carbonyl (C=O) groups is 1. The van der Waals surface area contributed by atoms with Crippen LogP contribution in [-0.2, 0) is 11.3 Å². The number of aryl methyl sites for hydroxylation is 1. The molecule has 0 spiro atoms. The van der Waals surface area contributed by atoms with Crippen LogP contribution >= 0.6 is 15.9 Å². The standard InChI is InChI=1S/C13H18BrNO2/c1-8(2)12(13(16)17)15-7-10-5-4-9(3)6-11(10)14/h4-6,8,12,15H,7H2,1-3H3,(H,16,17)/t12-/m1/s1. The Morgan fingerprint density at radius 2 is 2.12 bits per heavy atom. The van der Waals surface area contributed by atoms with Crippen LogP contribution in [0.25, 0.3) is 0 Å². The summed E-state index contributed by atoms with van der Waals surface area (Å²) in [4.78, 5) is 11.0. The molecule has 0 aromatic heterocycles. The predicted octanol–water partition coefficient (Wildman–Crippen LogP) is 2.96. The molecule has 0 aliphatic carbocycles. The van der Waals surface area contributed by atoms with E-state index in [9.17, 15) is 4.79 Å².